The molecule has 0 saturated carbocycles. The van der Waals surface area contributed by atoms with Crippen LogP contribution < -0.4 is 0 Å². The lowest BCUT2D eigenvalue weighted by molar-refractivity contribution is 0.768. The summed E-state index contributed by atoms with van der Waals surface area (Å²) in [5, 5.41) is 0. The zero-order valence-corrected chi connectivity index (χ0v) is 30.0. The van der Waals surface area contributed by atoms with E-state index in [1.807, 2.05) is 30.6 Å². The first-order valence-electron chi connectivity index (χ1n) is 18.7. The summed E-state index contributed by atoms with van der Waals surface area (Å²) in [6.07, 6.45) is 3.66. The minimum absolute atomic E-state index is 0.504. The Kier molecular flexibility index (Phi) is 8.04. The van der Waals surface area contributed by atoms with E-state index < -0.39 is 5.41 Å². The van der Waals surface area contributed by atoms with Crippen LogP contribution in [0, 0.1) is 0 Å². The van der Waals surface area contributed by atoms with Crippen molar-refractivity contribution in [2.24, 2.45) is 0 Å². The van der Waals surface area contributed by atoms with Crippen LogP contribution in [0.25, 0.3) is 67.3 Å². The van der Waals surface area contributed by atoms with Crippen molar-refractivity contribution in [3.63, 3.8) is 0 Å². The lowest BCUT2D eigenvalue weighted by atomic mass is 9.67. The van der Waals surface area contributed by atoms with E-state index >= 15 is 0 Å². The fourth-order valence-corrected chi connectivity index (χ4v) is 8.32. The van der Waals surface area contributed by atoms with E-state index in [9.17, 15) is 0 Å². The highest BCUT2D eigenvalue weighted by atomic mass is 14.9. The Morgan fingerprint density at radius 2 is 0.818 bits per heavy atom. The predicted molar refractivity (Wildman–Crippen MR) is 224 cm³/mol. The Labute approximate surface area is 321 Å². The number of rotatable bonds is 7. The highest BCUT2D eigenvalue weighted by Crippen LogP contribution is 2.56. The smallest absolute Gasteiger partial charge is 0.160 e. The molecule has 258 valence electrons. The zero-order chi connectivity index (χ0) is 36.6. The maximum Gasteiger partial charge on any atom is 0.160 e. The van der Waals surface area contributed by atoms with Crippen molar-refractivity contribution < 1.29 is 0 Å². The fraction of sp³-hybridized carbons (Fsp3) is 0.0192. The van der Waals surface area contributed by atoms with E-state index in [-0.39, 0.29) is 0 Å². The third kappa shape index (κ3) is 5.65. The summed E-state index contributed by atoms with van der Waals surface area (Å²) in [5.74, 6) is 0.685. The number of aromatic nitrogens is 3. The van der Waals surface area contributed by atoms with E-state index in [4.69, 9.17) is 9.97 Å². The van der Waals surface area contributed by atoms with E-state index in [1.165, 1.54) is 33.4 Å². The number of benzene rings is 7. The molecule has 7 aromatic carbocycles. The van der Waals surface area contributed by atoms with Crippen LogP contribution in [0.5, 0.6) is 0 Å². The molecule has 0 bridgehead atoms. The Hall–Kier alpha value is -7.23. The molecular formula is C52H35N3. The van der Waals surface area contributed by atoms with Crippen LogP contribution in [0.1, 0.15) is 22.3 Å². The number of pyridine rings is 1. The van der Waals surface area contributed by atoms with Gasteiger partial charge in [-0.15, -0.1) is 0 Å². The van der Waals surface area contributed by atoms with Crippen LogP contribution in [0.4, 0.5) is 0 Å². The van der Waals surface area contributed by atoms with Gasteiger partial charge in [-0.1, -0.05) is 170 Å². The summed E-state index contributed by atoms with van der Waals surface area (Å²) in [6.45, 7) is 0. The van der Waals surface area contributed by atoms with Crippen LogP contribution in [0.3, 0.4) is 0 Å². The Balaban J connectivity index is 1.18. The maximum absolute atomic E-state index is 5.35. The van der Waals surface area contributed by atoms with Gasteiger partial charge in [-0.3, -0.25) is 4.98 Å². The molecule has 2 aromatic heterocycles. The molecule has 1 aliphatic rings. The van der Waals surface area contributed by atoms with E-state index in [0.717, 1.165) is 50.3 Å². The van der Waals surface area contributed by atoms with Gasteiger partial charge >= 0.3 is 0 Å². The van der Waals surface area contributed by atoms with Crippen molar-refractivity contribution in [1.82, 2.24) is 15.0 Å². The molecule has 0 unspecified atom stereocenters. The molecule has 2 heterocycles. The van der Waals surface area contributed by atoms with E-state index in [1.54, 1.807) is 0 Å². The largest absolute Gasteiger partial charge is 0.265 e. The summed E-state index contributed by atoms with van der Waals surface area (Å²) < 4.78 is 0. The quantitative estimate of drug-likeness (QED) is 0.166. The Bertz CT molecular complexity index is 2740. The van der Waals surface area contributed by atoms with Gasteiger partial charge in [0.05, 0.1) is 16.8 Å². The molecule has 55 heavy (non-hydrogen) atoms. The second-order valence-electron chi connectivity index (χ2n) is 14.0. The predicted octanol–water partition coefficient (Wildman–Crippen LogP) is 12.6. The van der Waals surface area contributed by atoms with Gasteiger partial charge < -0.3 is 0 Å². The normalized spacial score (nSPS) is 12.5. The molecule has 0 aliphatic heterocycles. The maximum atomic E-state index is 5.35. The van der Waals surface area contributed by atoms with Crippen LogP contribution in [0.2, 0.25) is 0 Å². The van der Waals surface area contributed by atoms with Crippen LogP contribution in [-0.4, -0.2) is 15.0 Å². The molecule has 0 atom stereocenters. The van der Waals surface area contributed by atoms with Gasteiger partial charge in [-0.25, -0.2) is 9.97 Å². The van der Waals surface area contributed by atoms with Crippen molar-refractivity contribution in [1.29, 1.82) is 0 Å². The average Bonchev–Trinajstić information content (AvgIpc) is 3.58. The van der Waals surface area contributed by atoms with Gasteiger partial charge in [0.2, 0.25) is 0 Å². The third-order valence-electron chi connectivity index (χ3n) is 10.9. The molecule has 1 aliphatic carbocycles. The number of hydrogen-bond acceptors (Lipinski definition) is 3. The van der Waals surface area contributed by atoms with Gasteiger partial charge in [0.1, 0.15) is 0 Å². The van der Waals surface area contributed by atoms with Crippen molar-refractivity contribution in [3.8, 4) is 67.3 Å². The second-order valence-corrected chi connectivity index (χ2v) is 14.0. The fourth-order valence-electron chi connectivity index (χ4n) is 8.32. The topological polar surface area (TPSA) is 38.7 Å². The molecule has 3 nitrogen and oxygen atoms in total. The molecule has 0 N–H and O–H groups in total. The average molecular weight is 702 g/mol. The van der Waals surface area contributed by atoms with Gasteiger partial charge in [0, 0.05) is 29.1 Å². The summed E-state index contributed by atoms with van der Waals surface area (Å²) in [7, 11) is 0. The summed E-state index contributed by atoms with van der Waals surface area (Å²) >= 11 is 0. The third-order valence-corrected chi connectivity index (χ3v) is 10.9. The molecule has 10 rings (SSSR count). The summed E-state index contributed by atoms with van der Waals surface area (Å²) in [6, 6.07) is 71.5. The van der Waals surface area contributed by atoms with E-state index in [0.29, 0.717) is 5.82 Å². The minimum Gasteiger partial charge on any atom is -0.265 e. The number of fused-ring (bicyclic) bond motifs is 3. The van der Waals surface area contributed by atoms with Crippen molar-refractivity contribution in [2.75, 3.05) is 0 Å². The van der Waals surface area contributed by atoms with Gasteiger partial charge in [0.15, 0.2) is 5.82 Å². The molecule has 9 aromatic rings. The van der Waals surface area contributed by atoms with E-state index in [2.05, 4.69) is 187 Å². The molecule has 0 amide bonds. The first-order chi connectivity index (χ1) is 27.3. The first kappa shape index (κ1) is 32.4. The highest BCUT2D eigenvalue weighted by molar-refractivity contribution is 5.88. The Morgan fingerprint density at radius 1 is 0.309 bits per heavy atom. The van der Waals surface area contributed by atoms with Crippen molar-refractivity contribution >= 4 is 0 Å². The van der Waals surface area contributed by atoms with Gasteiger partial charge in [0.25, 0.3) is 0 Å². The molecule has 0 fully saturated rings. The monoisotopic (exact) mass is 701 g/mol. The highest BCUT2D eigenvalue weighted by Gasteiger charge is 2.46. The molecule has 0 radical (unpaired) electrons. The second kappa shape index (κ2) is 13.6. The summed E-state index contributed by atoms with van der Waals surface area (Å²) in [5.41, 5.74) is 16.3. The lowest BCUT2D eigenvalue weighted by Gasteiger charge is -2.34. The first-order valence-corrected chi connectivity index (χ1v) is 18.7. The minimum atomic E-state index is -0.504. The summed E-state index contributed by atoms with van der Waals surface area (Å²) in [4.78, 5) is 14.8. The van der Waals surface area contributed by atoms with Crippen LogP contribution in [-0.2, 0) is 5.41 Å². The van der Waals surface area contributed by atoms with Crippen molar-refractivity contribution in [2.45, 2.75) is 5.41 Å². The number of hydrogen-bond donors (Lipinski definition) is 0. The standard InChI is InChI=1S/C52H35N3/c1-4-13-36(14-5-1)40-15-12-16-42(33-40)51-54-49(39-25-23-37(24-26-39)38-29-31-53-32-30-38)35-50(55-51)41-27-28-46-45-21-10-11-22-47(45)52(48(46)34-41,43-17-6-2-7-18-43)44-19-8-3-9-20-44/h1-35H. The zero-order valence-electron chi connectivity index (χ0n) is 30.0. The van der Waals surface area contributed by atoms with Crippen LogP contribution >= 0.6 is 0 Å². The molecular weight excluding hydrogens is 667 g/mol. The Morgan fingerprint density at radius 3 is 1.53 bits per heavy atom. The van der Waals surface area contributed by atoms with Gasteiger partial charge in [-0.2, -0.15) is 0 Å². The molecule has 0 saturated heterocycles. The lowest BCUT2D eigenvalue weighted by Crippen LogP contribution is -2.28. The molecule has 3 heteroatoms. The SMILES string of the molecule is c1ccc(-c2cccc(-c3nc(-c4ccc(-c5ccncc5)cc4)cc(-c4ccc5c(c4)C(c4ccccc4)(c4ccccc4)c4ccccc4-5)n3)c2)cc1. The van der Waals surface area contributed by atoms with Crippen LogP contribution in [0.15, 0.2) is 213 Å². The van der Waals surface area contributed by atoms with Gasteiger partial charge in [-0.05, 0) is 86.0 Å². The molecule has 0 spiro atoms. The van der Waals surface area contributed by atoms with Crippen molar-refractivity contribution in [3.05, 3.63) is 235 Å². The number of nitrogens with zero attached hydrogens (tertiary/aromatic N) is 3.